The highest BCUT2D eigenvalue weighted by Crippen LogP contribution is 2.16. The maximum Gasteiger partial charge on any atom is 0.261 e. The summed E-state index contributed by atoms with van der Waals surface area (Å²) in [6.07, 6.45) is 0. The summed E-state index contributed by atoms with van der Waals surface area (Å²) in [4.78, 5) is 0.236. The molecule has 0 radical (unpaired) electrons. The van der Waals surface area contributed by atoms with Crippen LogP contribution in [0.25, 0.3) is 0 Å². The molecule has 0 fully saturated rings. The maximum absolute atomic E-state index is 12.2. The lowest BCUT2D eigenvalue weighted by Crippen LogP contribution is -2.12. The summed E-state index contributed by atoms with van der Waals surface area (Å²) in [6.45, 7) is 2.20. The van der Waals surface area contributed by atoms with E-state index in [9.17, 15) is 8.42 Å². The minimum absolute atomic E-state index is 0.236. The summed E-state index contributed by atoms with van der Waals surface area (Å²) < 4.78 is 27.0. The zero-order valence-electron chi connectivity index (χ0n) is 11.6. The Morgan fingerprint density at radius 2 is 1.67 bits per heavy atom. The number of nitrogens with one attached hydrogen (secondary N) is 1. The van der Waals surface area contributed by atoms with Crippen LogP contribution in [0.1, 0.15) is 11.1 Å². The molecular formula is C16H16N2O2S. The summed E-state index contributed by atoms with van der Waals surface area (Å²) in [5.74, 6) is 5.62. The second-order valence-corrected chi connectivity index (χ2v) is 6.18. The van der Waals surface area contributed by atoms with Gasteiger partial charge in [0.15, 0.2) is 0 Å². The molecular weight excluding hydrogens is 284 g/mol. The van der Waals surface area contributed by atoms with Crippen LogP contribution in [-0.2, 0) is 10.0 Å². The van der Waals surface area contributed by atoms with Crippen molar-refractivity contribution in [1.29, 1.82) is 0 Å². The van der Waals surface area contributed by atoms with Crippen LogP contribution in [0.4, 0.5) is 5.69 Å². The molecule has 0 aromatic heterocycles. The average Bonchev–Trinajstić information content (AvgIpc) is 2.47. The number of hydrogen-bond donors (Lipinski definition) is 2. The predicted octanol–water partition coefficient (Wildman–Crippen LogP) is 2.11. The van der Waals surface area contributed by atoms with E-state index >= 15 is 0 Å². The van der Waals surface area contributed by atoms with Gasteiger partial charge in [-0.15, -0.1) is 0 Å². The smallest absolute Gasteiger partial charge is 0.261 e. The monoisotopic (exact) mass is 300 g/mol. The highest BCUT2D eigenvalue weighted by molar-refractivity contribution is 7.92. The molecule has 108 valence electrons. The summed E-state index contributed by atoms with van der Waals surface area (Å²) in [5, 5.41) is 0. The molecule has 2 aromatic carbocycles. The second-order valence-electron chi connectivity index (χ2n) is 4.50. The quantitative estimate of drug-likeness (QED) is 0.853. The summed E-state index contributed by atoms with van der Waals surface area (Å²) in [5.41, 5.74) is 7.59. The first-order valence-corrected chi connectivity index (χ1v) is 7.88. The summed E-state index contributed by atoms with van der Waals surface area (Å²) in [6, 6.07) is 13.5. The first-order chi connectivity index (χ1) is 10.0. The Labute approximate surface area is 125 Å². The number of sulfonamides is 1. The van der Waals surface area contributed by atoms with E-state index in [1.807, 2.05) is 6.92 Å². The van der Waals surface area contributed by atoms with Gasteiger partial charge in [0.1, 0.15) is 0 Å². The Morgan fingerprint density at radius 3 is 2.24 bits per heavy atom. The normalized spacial score (nSPS) is 10.6. The van der Waals surface area contributed by atoms with Gasteiger partial charge in [-0.2, -0.15) is 0 Å². The Balaban J connectivity index is 2.18. The van der Waals surface area contributed by atoms with Gasteiger partial charge in [0.05, 0.1) is 11.4 Å². The second kappa shape index (κ2) is 6.44. The first kappa shape index (κ1) is 15.1. The number of hydrogen-bond acceptors (Lipinski definition) is 3. The fourth-order valence-corrected chi connectivity index (χ4v) is 2.76. The van der Waals surface area contributed by atoms with Gasteiger partial charge in [0, 0.05) is 11.3 Å². The van der Waals surface area contributed by atoms with Crippen LogP contribution in [0.5, 0.6) is 0 Å². The van der Waals surface area contributed by atoms with Gasteiger partial charge >= 0.3 is 0 Å². The van der Waals surface area contributed by atoms with Crippen LogP contribution in [0.15, 0.2) is 53.4 Å². The third kappa shape index (κ3) is 4.09. The number of rotatable bonds is 3. The number of benzene rings is 2. The minimum atomic E-state index is -3.57. The average molecular weight is 300 g/mol. The Kier molecular flexibility index (Phi) is 4.63. The lowest BCUT2D eigenvalue weighted by atomic mass is 10.2. The van der Waals surface area contributed by atoms with Gasteiger partial charge in [-0.05, 0) is 43.3 Å². The highest BCUT2D eigenvalue weighted by Gasteiger charge is 2.13. The number of nitrogens with two attached hydrogens (primary N) is 1. The van der Waals surface area contributed by atoms with Crippen LogP contribution >= 0.6 is 0 Å². The van der Waals surface area contributed by atoms with Crippen LogP contribution in [0.2, 0.25) is 0 Å². The van der Waals surface area contributed by atoms with Crippen molar-refractivity contribution in [2.24, 2.45) is 5.73 Å². The summed E-state index contributed by atoms with van der Waals surface area (Å²) in [7, 11) is -3.57. The molecule has 2 rings (SSSR count). The van der Waals surface area contributed by atoms with Gasteiger partial charge in [-0.1, -0.05) is 29.5 Å². The molecule has 2 aromatic rings. The molecule has 0 heterocycles. The Bertz CT molecular complexity index is 768. The maximum atomic E-state index is 12.2. The first-order valence-electron chi connectivity index (χ1n) is 6.40. The zero-order valence-corrected chi connectivity index (χ0v) is 12.4. The lowest BCUT2D eigenvalue weighted by molar-refractivity contribution is 0.601. The molecule has 0 unspecified atom stereocenters. The fourth-order valence-electron chi connectivity index (χ4n) is 1.71. The Hall–Kier alpha value is -2.29. The van der Waals surface area contributed by atoms with Crippen molar-refractivity contribution >= 4 is 15.7 Å². The van der Waals surface area contributed by atoms with Crippen molar-refractivity contribution in [2.75, 3.05) is 11.3 Å². The highest BCUT2D eigenvalue weighted by atomic mass is 32.2. The van der Waals surface area contributed by atoms with Crippen molar-refractivity contribution in [3.8, 4) is 11.8 Å². The van der Waals surface area contributed by atoms with Gasteiger partial charge in [-0.3, -0.25) is 4.72 Å². The van der Waals surface area contributed by atoms with E-state index in [0.717, 1.165) is 11.1 Å². The Morgan fingerprint density at radius 1 is 1.05 bits per heavy atom. The van der Waals surface area contributed by atoms with E-state index in [1.165, 1.54) is 0 Å². The van der Waals surface area contributed by atoms with Gasteiger partial charge in [0.25, 0.3) is 10.0 Å². The molecule has 0 aliphatic heterocycles. The van der Waals surface area contributed by atoms with E-state index in [1.54, 1.807) is 48.5 Å². The SMILES string of the molecule is Cc1ccc(S(=O)(=O)Nc2ccc(C#CCN)cc2)cc1. The van der Waals surface area contributed by atoms with Crippen molar-refractivity contribution in [3.63, 3.8) is 0 Å². The van der Waals surface area contributed by atoms with Gasteiger partial charge < -0.3 is 5.73 Å². The molecule has 21 heavy (non-hydrogen) atoms. The van der Waals surface area contributed by atoms with Crippen molar-refractivity contribution < 1.29 is 8.42 Å². The molecule has 4 nitrogen and oxygen atoms in total. The topological polar surface area (TPSA) is 72.2 Å². The van der Waals surface area contributed by atoms with E-state index in [-0.39, 0.29) is 4.90 Å². The molecule has 5 heteroatoms. The van der Waals surface area contributed by atoms with Gasteiger partial charge in [0.2, 0.25) is 0 Å². The molecule has 0 spiro atoms. The molecule has 0 aliphatic rings. The van der Waals surface area contributed by atoms with E-state index in [0.29, 0.717) is 12.2 Å². The number of anilines is 1. The van der Waals surface area contributed by atoms with Crippen molar-refractivity contribution in [3.05, 3.63) is 59.7 Å². The minimum Gasteiger partial charge on any atom is -0.320 e. The molecule has 0 amide bonds. The van der Waals surface area contributed by atoms with E-state index in [4.69, 9.17) is 5.73 Å². The number of aryl methyl sites for hydroxylation is 1. The van der Waals surface area contributed by atoms with Crippen LogP contribution < -0.4 is 10.5 Å². The van der Waals surface area contributed by atoms with Gasteiger partial charge in [-0.25, -0.2) is 8.42 Å². The molecule has 0 saturated carbocycles. The fraction of sp³-hybridized carbons (Fsp3) is 0.125. The molecule has 0 bridgehead atoms. The standard InChI is InChI=1S/C16H16N2O2S/c1-13-4-10-16(11-5-13)21(19,20)18-15-8-6-14(7-9-15)3-2-12-17/h4-11,18H,12,17H2,1H3. The van der Waals surface area contributed by atoms with E-state index in [2.05, 4.69) is 16.6 Å². The van der Waals surface area contributed by atoms with Crippen LogP contribution in [0, 0.1) is 18.8 Å². The predicted molar refractivity (Wildman–Crippen MR) is 84.4 cm³/mol. The van der Waals surface area contributed by atoms with Crippen LogP contribution in [0.3, 0.4) is 0 Å². The largest absolute Gasteiger partial charge is 0.320 e. The third-order valence-electron chi connectivity index (χ3n) is 2.80. The van der Waals surface area contributed by atoms with E-state index < -0.39 is 10.0 Å². The van der Waals surface area contributed by atoms with Crippen molar-refractivity contribution in [2.45, 2.75) is 11.8 Å². The third-order valence-corrected chi connectivity index (χ3v) is 4.20. The molecule has 0 saturated heterocycles. The molecule has 0 aliphatic carbocycles. The van der Waals surface area contributed by atoms with Crippen molar-refractivity contribution in [1.82, 2.24) is 0 Å². The summed E-state index contributed by atoms with van der Waals surface area (Å²) >= 11 is 0. The van der Waals surface area contributed by atoms with Crippen LogP contribution in [-0.4, -0.2) is 15.0 Å². The lowest BCUT2D eigenvalue weighted by Gasteiger charge is -2.08. The molecule has 0 atom stereocenters. The molecule has 3 N–H and O–H groups in total. The zero-order chi connectivity index (χ0) is 15.3.